The molecule has 0 amide bonds. The minimum Gasteiger partial charge on any atom is -0.278 e. The highest BCUT2D eigenvalue weighted by atomic mass is 79.9. The van der Waals surface area contributed by atoms with Crippen molar-refractivity contribution < 1.29 is 8.42 Å². The first-order chi connectivity index (χ1) is 8.79. The maximum absolute atomic E-state index is 12.3. The molecule has 0 unspecified atom stereocenters. The van der Waals surface area contributed by atoms with Crippen molar-refractivity contribution in [1.29, 1.82) is 0 Å². The number of thiophene rings is 1. The first-order valence-electron chi connectivity index (χ1n) is 5.20. The molecule has 0 aliphatic heterocycles. The van der Waals surface area contributed by atoms with Crippen molar-refractivity contribution in [3.8, 4) is 0 Å². The number of hydrogen-bond acceptors (Lipinski definition) is 4. The topological polar surface area (TPSA) is 59.1 Å². The summed E-state index contributed by atoms with van der Waals surface area (Å²) in [6.45, 7) is 3.62. The number of anilines is 1. The fourth-order valence-corrected chi connectivity index (χ4v) is 5.19. The van der Waals surface area contributed by atoms with Gasteiger partial charge in [0.25, 0.3) is 10.0 Å². The van der Waals surface area contributed by atoms with Gasteiger partial charge in [-0.2, -0.15) is 0 Å². The smallest absolute Gasteiger partial charge is 0.263 e. The van der Waals surface area contributed by atoms with E-state index in [1.54, 1.807) is 19.1 Å². The summed E-state index contributed by atoms with van der Waals surface area (Å²) in [4.78, 5) is 5.09. The van der Waals surface area contributed by atoms with Gasteiger partial charge < -0.3 is 0 Å². The van der Waals surface area contributed by atoms with Gasteiger partial charge in [-0.05, 0) is 63.4 Å². The molecular weight excluding hydrogens is 416 g/mol. The van der Waals surface area contributed by atoms with Crippen LogP contribution in [0.15, 0.2) is 31.6 Å². The van der Waals surface area contributed by atoms with E-state index in [0.29, 0.717) is 10.3 Å². The summed E-state index contributed by atoms with van der Waals surface area (Å²) in [5.41, 5.74) is 1.31. The second-order valence-corrected chi connectivity index (χ2v) is 8.95. The third-order valence-corrected chi connectivity index (χ3v) is 6.42. The molecule has 0 bridgehead atoms. The summed E-state index contributed by atoms with van der Waals surface area (Å²) in [5, 5.41) is 0. The molecule has 0 saturated heterocycles. The first kappa shape index (κ1) is 15.0. The van der Waals surface area contributed by atoms with E-state index >= 15 is 0 Å². The predicted octanol–water partition coefficient (Wildman–Crippen LogP) is 4.09. The Labute approximate surface area is 132 Å². The SMILES string of the molecule is Cc1cc(NS(=O)(=O)c2cc(Br)sc2C)cnc1Br. The monoisotopic (exact) mass is 424 g/mol. The molecule has 2 aromatic heterocycles. The minimum atomic E-state index is -3.58. The first-order valence-corrected chi connectivity index (χ1v) is 9.09. The Morgan fingerprint density at radius 3 is 2.47 bits per heavy atom. The second-order valence-electron chi connectivity index (χ2n) is 3.91. The quantitative estimate of drug-likeness (QED) is 0.753. The fraction of sp³-hybridized carbons (Fsp3) is 0.182. The lowest BCUT2D eigenvalue weighted by Crippen LogP contribution is -2.13. The Hall–Kier alpha value is -0.440. The number of aryl methyl sites for hydroxylation is 2. The van der Waals surface area contributed by atoms with Crippen LogP contribution in [-0.2, 0) is 10.0 Å². The number of pyridine rings is 1. The van der Waals surface area contributed by atoms with Crippen molar-refractivity contribution in [3.05, 3.63) is 37.2 Å². The minimum absolute atomic E-state index is 0.282. The Morgan fingerprint density at radius 1 is 1.26 bits per heavy atom. The summed E-state index contributed by atoms with van der Waals surface area (Å²) < 4.78 is 28.6. The van der Waals surface area contributed by atoms with Crippen LogP contribution in [0.3, 0.4) is 0 Å². The van der Waals surface area contributed by atoms with Crippen LogP contribution in [-0.4, -0.2) is 13.4 Å². The van der Waals surface area contributed by atoms with Gasteiger partial charge in [-0.25, -0.2) is 13.4 Å². The number of nitrogens with one attached hydrogen (secondary N) is 1. The summed E-state index contributed by atoms with van der Waals surface area (Å²) in [6.07, 6.45) is 1.48. The van der Waals surface area contributed by atoms with E-state index in [1.807, 2.05) is 6.92 Å². The summed E-state index contributed by atoms with van der Waals surface area (Å²) >= 11 is 7.95. The number of hydrogen-bond donors (Lipinski definition) is 1. The predicted molar refractivity (Wildman–Crippen MR) is 84.2 cm³/mol. The van der Waals surface area contributed by atoms with Gasteiger partial charge in [0.1, 0.15) is 9.50 Å². The molecule has 0 radical (unpaired) electrons. The summed E-state index contributed by atoms with van der Waals surface area (Å²) in [7, 11) is -3.58. The molecule has 8 heteroatoms. The molecule has 102 valence electrons. The van der Waals surface area contributed by atoms with E-state index in [1.165, 1.54) is 17.5 Å². The highest BCUT2D eigenvalue weighted by molar-refractivity contribution is 9.11. The van der Waals surface area contributed by atoms with E-state index in [4.69, 9.17) is 0 Å². The molecule has 0 aliphatic carbocycles. The Kier molecular flexibility index (Phi) is 4.34. The van der Waals surface area contributed by atoms with Crippen molar-refractivity contribution in [2.75, 3.05) is 4.72 Å². The number of halogens is 2. The molecule has 0 atom stereocenters. The highest BCUT2D eigenvalue weighted by Gasteiger charge is 2.19. The number of sulfonamides is 1. The number of nitrogens with zero attached hydrogens (tertiary/aromatic N) is 1. The average Bonchev–Trinajstić information content (AvgIpc) is 2.63. The van der Waals surface area contributed by atoms with Gasteiger partial charge in [-0.1, -0.05) is 0 Å². The number of aromatic nitrogens is 1. The van der Waals surface area contributed by atoms with Gasteiger partial charge in [0.05, 0.1) is 15.7 Å². The summed E-state index contributed by atoms with van der Waals surface area (Å²) in [6, 6.07) is 3.33. The Balaban J connectivity index is 2.36. The average molecular weight is 426 g/mol. The van der Waals surface area contributed by atoms with Crippen molar-refractivity contribution in [1.82, 2.24) is 4.98 Å². The highest BCUT2D eigenvalue weighted by Crippen LogP contribution is 2.31. The maximum atomic E-state index is 12.3. The zero-order chi connectivity index (χ0) is 14.2. The number of rotatable bonds is 3. The van der Waals surface area contributed by atoms with Gasteiger partial charge in [0.15, 0.2) is 0 Å². The second kappa shape index (κ2) is 5.51. The van der Waals surface area contributed by atoms with Crippen molar-refractivity contribution in [3.63, 3.8) is 0 Å². The van der Waals surface area contributed by atoms with E-state index in [0.717, 1.165) is 14.2 Å². The maximum Gasteiger partial charge on any atom is 0.263 e. The molecule has 0 spiro atoms. The molecule has 4 nitrogen and oxygen atoms in total. The standard InChI is InChI=1S/C11H10Br2N2O2S2/c1-6-3-8(5-14-11(6)13)15-19(16,17)9-4-10(12)18-7(9)2/h3-5,15H,1-2H3. The van der Waals surface area contributed by atoms with Crippen LogP contribution in [0.4, 0.5) is 5.69 Å². The lowest BCUT2D eigenvalue weighted by atomic mass is 10.3. The van der Waals surface area contributed by atoms with E-state index in [9.17, 15) is 8.42 Å². The van der Waals surface area contributed by atoms with Crippen molar-refractivity contribution in [2.24, 2.45) is 0 Å². The van der Waals surface area contributed by atoms with Crippen LogP contribution < -0.4 is 4.72 Å². The van der Waals surface area contributed by atoms with Gasteiger partial charge in [0, 0.05) is 4.88 Å². The van der Waals surface area contributed by atoms with Crippen LogP contribution in [0, 0.1) is 13.8 Å². The third-order valence-electron chi connectivity index (χ3n) is 2.40. The molecule has 19 heavy (non-hydrogen) atoms. The molecule has 0 aromatic carbocycles. The Morgan fingerprint density at radius 2 is 1.95 bits per heavy atom. The van der Waals surface area contributed by atoms with Crippen molar-refractivity contribution >= 4 is 58.9 Å². The van der Waals surface area contributed by atoms with Crippen LogP contribution in [0.5, 0.6) is 0 Å². The fourth-order valence-electron chi connectivity index (χ4n) is 1.52. The van der Waals surface area contributed by atoms with Gasteiger partial charge >= 0.3 is 0 Å². The lowest BCUT2D eigenvalue weighted by molar-refractivity contribution is 0.601. The normalized spacial score (nSPS) is 11.6. The molecule has 0 fully saturated rings. The van der Waals surface area contributed by atoms with E-state index < -0.39 is 10.0 Å². The van der Waals surface area contributed by atoms with E-state index in [2.05, 4.69) is 41.6 Å². The van der Waals surface area contributed by atoms with Gasteiger partial charge in [-0.15, -0.1) is 11.3 Å². The lowest BCUT2D eigenvalue weighted by Gasteiger charge is -2.08. The molecule has 0 aliphatic rings. The molecule has 0 saturated carbocycles. The molecule has 2 rings (SSSR count). The molecule has 1 N–H and O–H groups in total. The molecule has 2 heterocycles. The zero-order valence-corrected chi connectivity index (χ0v) is 14.9. The third kappa shape index (κ3) is 3.36. The van der Waals surface area contributed by atoms with E-state index in [-0.39, 0.29) is 4.90 Å². The van der Waals surface area contributed by atoms with Crippen LogP contribution in [0.2, 0.25) is 0 Å². The zero-order valence-electron chi connectivity index (χ0n) is 10.1. The van der Waals surface area contributed by atoms with Crippen molar-refractivity contribution in [2.45, 2.75) is 18.7 Å². The van der Waals surface area contributed by atoms with Gasteiger partial charge in [-0.3, -0.25) is 4.72 Å². The summed E-state index contributed by atoms with van der Waals surface area (Å²) in [5.74, 6) is 0. The molecule has 2 aromatic rings. The largest absolute Gasteiger partial charge is 0.278 e. The Bertz CT molecular complexity index is 726. The molecular formula is C11H10Br2N2O2S2. The van der Waals surface area contributed by atoms with Crippen LogP contribution in [0.1, 0.15) is 10.4 Å². The van der Waals surface area contributed by atoms with Crippen LogP contribution in [0.25, 0.3) is 0 Å². The van der Waals surface area contributed by atoms with Crippen LogP contribution >= 0.6 is 43.2 Å². The van der Waals surface area contributed by atoms with Gasteiger partial charge in [0.2, 0.25) is 0 Å².